The highest BCUT2D eigenvalue weighted by Crippen LogP contribution is 2.41. The van der Waals surface area contributed by atoms with Crippen molar-refractivity contribution in [2.45, 2.75) is 0 Å². The smallest absolute Gasteiger partial charge is 0.258 e. The largest absolute Gasteiger partial charge is 0.565 e. The van der Waals surface area contributed by atoms with E-state index in [-0.39, 0.29) is 0 Å². The molecule has 0 spiro atoms. The molecule has 0 bridgehead atoms. The molecule has 0 amide bonds. The Morgan fingerprint density at radius 1 is 0.900 bits per heavy atom. The first-order valence-electron chi connectivity index (χ1n) is 4.67. The molecule has 14 heteroatoms. The predicted octanol–water partition coefficient (Wildman–Crippen LogP) is 1.59. The number of hydrogen-bond acceptors (Lipinski definition) is 8. The number of H-pyrrole nitrogens is 2. The van der Waals surface area contributed by atoms with E-state index < -0.39 is 44.2 Å². The van der Waals surface area contributed by atoms with Gasteiger partial charge in [-0.15, -0.1) is 0 Å². The van der Waals surface area contributed by atoms with Gasteiger partial charge in [-0.25, -0.2) is 0 Å². The molecule has 20 heavy (non-hydrogen) atoms. The molecule has 2 rings (SSSR count). The number of hydrogen-bond donors (Lipinski definition) is 2. The van der Waals surface area contributed by atoms with Crippen LogP contribution in [0.3, 0.4) is 0 Å². The van der Waals surface area contributed by atoms with E-state index in [4.69, 9.17) is 10.8 Å². The number of nitrogens with one attached hydrogen (secondary N) is 2. The molecule has 0 saturated carbocycles. The molecule has 0 aliphatic heterocycles. The van der Waals surface area contributed by atoms with Crippen LogP contribution in [0, 0.1) is 31.0 Å². The van der Waals surface area contributed by atoms with Gasteiger partial charge in [0.1, 0.15) is 0 Å². The molecule has 2 heterocycles. The second-order valence-corrected chi connectivity index (χ2v) is 3.26. The molecule has 2 aromatic heterocycles. The summed E-state index contributed by atoms with van der Waals surface area (Å²) in [7, 11) is 0. The van der Waals surface area contributed by atoms with Gasteiger partial charge >= 0.3 is 23.0 Å². The molecule has 0 radical (unpaired) electrons. The van der Waals surface area contributed by atoms with E-state index in [0.29, 0.717) is 0 Å². The SMILES string of the molecule is N#[N+]c1n[nH]c(-c2[nH]nc([N+]#N)c2[N+](=O)[O-])c1[N+](=O)[O-]. The second kappa shape index (κ2) is 4.38. The average molecular weight is 278 g/mol. The van der Waals surface area contributed by atoms with Crippen molar-refractivity contribution in [3.8, 4) is 11.4 Å². The fraction of sp³-hybridized carbons (Fsp3) is 0. The summed E-state index contributed by atoms with van der Waals surface area (Å²) >= 11 is 0. The Bertz CT molecular complexity index is 735. The lowest BCUT2D eigenvalue weighted by Crippen LogP contribution is -1.93. The normalized spacial score (nSPS) is 9.70. The molecule has 0 saturated heterocycles. The van der Waals surface area contributed by atoms with Crippen LogP contribution in [0.15, 0.2) is 0 Å². The van der Waals surface area contributed by atoms with E-state index in [2.05, 4.69) is 30.3 Å². The van der Waals surface area contributed by atoms with Crippen LogP contribution in [0.4, 0.5) is 23.0 Å². The lowest BCUT2D eigenvalue weighted by molar-refractivity contribution is -0.385. The van der Waals surface area contributed by atoms with Crippen LogP contribution in [-0.2, 0) is 0 Å². The molecule has 0 aromatic carbocycles. The van der Waals surface area contributed by atoms with Gasteiger partial charge in [-0.1, -0.05) is 0 Å². The van der Waals surface area contributed by atoms with Crippen molar-refractivity contribution in [3.63, 3.8) is 0 Å². The number of aromatic amines is 2. The van der Waals surface area contributed by atoms with Crippen LogP contribution in [0.5, 0.6) is 0 Å². The molecule has 0 aliphatic carbocycles. The maximum Gasteiger partial charge on any atom is 0.565 e. The summed E-state index contributed by atoms with van der Waals surface area (Å²) in [5.41, 5.74) is -2.50. The van der Waals surface area contributed by atoms with Gasteiger partial charge in [0, 0.05) is 9.95 Å². The van der Waals surface area contributed by atoms with Gasteiger partial charge in [0.25, 0.3) is 0 Å². The number of nitrogens with zero attached hydrogens (tertiary/aromatic N) is 8. The van der Waals surface area contributed by atoms with E-state index in [0.717, 1.165) is 0 Å². The third-order valence-electron chi connectivity index (χ3n) is 2.25. The Balaban J connectivity index is 2.78. The van der Waals surface area contributed by atoms with Crippen LogP contribution in [0.1, 0.15) is 0 Å². The fourth-order valence-corrected chi connectivity index (χ4v) is 1.49. The average Bonchev–Trinajstić information content (AvgIpc) is 3.01. The van der Waals surface area contributed by atoms with E-state index in [1.54, 1.807) is 0 Å². The Hall–Kier alpha value is -3.94. The van der Waals surface area contributed by atoms with E-state index in [1.165, 1.54) is 0 Å². The van der Waals surface area contributed by atoms with Crippen molar-refractivity contribution < 1.29 is 9.85 Å². The van der Waals surface area contributed by atoms with Crippen molar-refractivity contribution in [1.82, 2.24) is 20.4 Å². The van der Waals surface area contributed by atoms with Gasteiger partial charge < -0.3 is 0 Å². The van der Waals surface area contributed by atoms with E-state index in [9.17, 15) is 20.2 Å². The topological polar surface area (TPSA) is 200 Å². The Kier molecular flexibility index (Phi) is 2.74. The Morgan fingerprint density at radius 2 is 1.25 bits per heavy atom. The highest BCUT2D eigenvalue weighted by Gasteiger charge is 2.44. The van der Waals surface area contributed by atoms with E-state index in [1.807, 2.05) is 0 Å². The minimum Gasteiger partial charge on any atom is -0.258 e. The third-order valence-corrected chi connectivity index (χ3v) is 2.25. The zero-order valence-corrected chi connectivity index (χ0v) is 9.21. The Labute approximate surface area is 107 Å². The third kappa shape index (κ3) is 1.66. The summed E-state index contributed by atoms with van der Waals surface area (Å²) in [5.74, 6) is -1.34. The lowest BCUT2D eigenvalue weighted by Gasteiger charge is -1.88. The molecule has 2 N–H and O–H groups in total. The molecule has 98 valence electrons. The Morgan fingerprint density at radius 3 is 1.50 bits per heavy atom. The van der Waals surface area contributed by atoms with Crippen LogP contribution >= 0.6 is 0 Å². The molecule has 0 fully saturated rings. The summed E-state index contributed by atoms with van der Waals surface area (Å²) in [4.78, 5) is 25.0. The van der Waals surface area contributed by atoms with Gasteiger partial charge in [-0.3, -0.25) is 20.2 Å². The van der Waals surface area contributed by atoms with Gasteiger partial charge in [0.15, 0.2) is 0 Å². The maximum atomic E-state index is 10.9. The maximum absolute atomic E-state index is 10.9. The molecule has 14 nitrogen and oxygen atoms in total. The zero-order valence-electron chi connectivity index (χ0n) is 9.21. The van der Waals surface area contributed by atoms with Gasteiger partial charge in [0.05, 0.1) is 30.8 Å². The standard InChI is InChI=1S/C6HN10O4/c7-9-5-3(15(17)18)1(11-13-5)2-4(16(19)20)6(10-8)14-12-2/h7H/q+1/p+1. The summed E-state index contributed by atoms with van der Waals surface area (Å²) < 4.78 is 0. The molecular weight excluding hydrogens is 276 g/mol. The van der Waals surface area contributed by atoms with E-state index >= 15 is 0 Å². The first-order chi connectivity index (χ1) is 9.51. The number of rotatable bonds is 3. The summed E-state index contributed by atoms with van der Waals surface area (Å²) in [5, 5.41) is 49.8. The summed E-state index contributed by atoms with van der Waals surface area (Å²) in [6.45, 7) is 0. The quantitative estimate of drug-likeness (QED) is 0.478. The first-order valence-corrected chi connectivity index (χ1v) is 4.67. The van der Waals surface area contributed by atoms with Crippen molar-refractivity contribution in [3.05, 3.63) is 30.2 Å². The van der Waals surface area contributed by atoms with Crippen molar-refractivity contribution in [1.29, 1.82) is 10.8 Å². The van der Waals surface area contributed by atoms with Crippen LogP contribution in [0.2, 0.25) is 0 Å². The second-order valence-electron chi connectivity index (χ2n) is 3.26. The first kappa shape index (κ1) is 12.5. The minimum atomic E-state index is -0.950. The summed E-state index contributed by atoms with van der Waals surface area (Å²) in [6.07, 6.45) is 0. The molecule has 0 atom stereocenters. The van der Waals surface area contributed by atoms with Crippen LogP contribution in [0.25, 0.3) is 21.3 Å². The number of diazo groups is 2. The zero-order chi connectivity index (χ0) is 14.9. The molecule has 2 aromatic rings. The molecule has 0 aliphatic rings. The van der Waals surface area contributed by atoms with Crippen LogP contribution in [-0.4, -0.2) is 30.2 Å². The van der Waals surface area contributed by atoms with Crippen molar-refractivity contribution in [2.75, 3.05) is 0 Å². The molecular formula is C6H2N10O4+2. The van der Waals surface area contributed by atoms with Gasteiger partial charge in [0.2, 0.25) is 11.4 Å². The molecule has 0 unspecified atom stereocenters. The summed E-state index contributed by atoms with van der Waals surface area (Å²) in [6, 6.07) is 0. The minimum absolute atomic E-state index is 0.447. The number of nitro groups is 2. The van der Waals surface area contributed by atoms with Crippen LogP contribution < -0.4 is 0 Å². The van der Waals surface area contributed by atoms with Crippen molar-refractivity contribution in [2.24, 2.45) is 0 Å². The predicted molar refractivity (Wildman–Crippen MR) is 59.0 cm³/mol. The highest BCUT2D eigenvalue weighted by molar-refractivity contribution is 5.84. The fourth-order valence-electron chi connectivity index (χ4n) is 1.49. The number of aromatic nitrogens is 4. The lowest BCUT2D eigenvalue weighted by atomic mass is 10.2. The monoisotopic (exact) mass is 278 g/mol. The van der Waals surface area contributed by atoms with Gasteiger partial charge in [-0.2, -0.15) is 10.2 Å². The van der Waals surface area contributed by atoms with Crippen molar-refractivity contribution >= 4 is 23.0 Å². The van der Waals surface area contributed by atoms with Gasteiger partial charge in [-0.05, 0) is 0 Å². The highest BCUT2D eigenvalue weighted by atomic mass is 16.6.